The van der Waals surface area contributed by atoms with Crippen LogP contribution in [0.5, 0.6) is 5.75 Å². The lowest BCUT2D eigenvalue weighted by Crippen LogP contribution is -2.46. The zero-order valence-electron chi connectivity index (χ0n) is 12.1. The molecule has 21 heavy (non-hydrogen) atoms. The molecule has 0 aliphatic rings. The van der Waals surface area contributed by atoms with Crippen LogP contribution < -0.4 is 16.0 Å². The average Bonchev–Trinajstić information content (AvgIpc) is 2.43. The van der Waals surface area contributed by atoms with E-state index in [1.165, 1.54) is 12.1 Å². The van der Waals surface area contributed by atoms with Crippen LogP contribution in [0.1, 0.15) is 25.3 Å². The van der Waals surface area contributed by atoms with Gasteiger partial charge >= 0.3 is 6.36 Å². The van der Waals surface area contributed by atoms with E-state index in [0.29, 0.717) is 6.42 Å². The van der Waals surface area contributed by atoms with Crippen molar-refractivity contribution in [1.29, 1.82) is 0 Å². The Hall–Kier alpha value is -1.31. The lowest BCUT2D eigenvalue weighted by molar-refractivity contribution is -0.274. The zero-order valence-corrected chi connectivity index (χ0v) is 12.1. The number of rotatable bonds is 8. The predicted octanol–water partition coefficient (Wildman–Crippen LogP) is 2.77. The van der Waals surface area contributed by atoms with Crippen LogP contribution >= 0.6 is 0 Å². The minimum absolute atomic E-state index is 0.0499. The van der Waals surface area contributed by atoms with Crippen LogP contribution in [0.2, 0.25) is 0 Å². The summed E-state index contributed by atoms with van der Waals surface area (Å²) in [5.41, 5.74) is 3.56. The van der Waals surface area contributed by atoms with E-state index >= 15 is 0 Å². The molecular weight excluding hydrogens is 285 g/mol. The van der Waals surface area contributed by atoms with Crippen LogP contribution in [-0.4, -0.2) is 25.6 Å². The van der Waals surface area contributed by atoms with Crippen LogP contribution in [0.3, 0.4) is 0 Å². The molecule has 1 aromatic carbocycles. The molecule has 0 bridgehead atoms. The first kappa shape index (κ1) is 17.7. The number of halogens is 3. The van der Waals surface area contributed by atoms with E-state index < -0.39 is 6.36 Å². The largest absolute Gasteiger partial charge is 0.573 e. The van der Waals surface area contributed by atoms with Crippen molar-refractivity contribution < 1.29 is 22.6 Å². The molecule has 0 radical (unpaired) electrons. The lowest BCUT2D eigenvalue weighted by atomic mass is 9.99. The average molecular weight is 306 g/mol. The lowest BCUT2D eigenvalue weighted by Gasteiger charge is -2.25. The molecule has 1 rings (SSSR count). The summed E-state index contributed by atoms with van der Waals surface area (Å²) in [5, 5.41) is 0. The van der Waals surface area contributed by atoms with Crippen molar-refractivity contribution >= 4 is 0 Å². The normalized spacial score (nSPS) is 14.8. The Morgan fingerprint density at radius 2 is 1.86 bits per heavy atom. The molecule has 0 heterocycles. The van der Waals surface area contributed by atoms with Gasteiger partial charge in [0.1, 0.15) is 5.75 Å². The number of hydrogen-bond acceptors (Lipinski definition) is 4. The highest BCUT2D eigenvalue weighted by Gasteiger charge is 2.31. The number of ether oxygens (including phenoxy) is 2. The maximum atomic E-state index is 12.1. The molecule has 2 atom stereocenters. The number of hydrogen-bond donors (Lipinski definition) is 2. The van der Waals surface area contributed by atoms with Crippen molar-refractivity contribution in [3.05, 3.63) is 29.8 Å². The molecule has 0 aliphatic carbocycles. The Bertz CT molecular complexity index is 410. The Morgan fingerprint density at radius 3 is 2.29 bits per heavy atom. The third kappa shape index (κ3) is 6.33. The summed E-state index contributed by atoms with van der Waals surface area (Å²) in [7, 11) is 1.62. The first-order valence-electron chi connectivity index (χ1n) is 6.73. The molecule has 0 amide bonds. The number of benzene rings is 1. The number of hydrazine groups is 1. The fraction of sp³-hybridized carbons (Fsp3) is 0.571. The summed E-state index contributed by atoms with van der Waals surface area (Å²) in [5.74, 6) is 5.30. The van der Waals surface area contributed by atoms with Gasteiger partial charge in [0.2, 0.25) is 0 Å². The molecule has 3 N–H and O–H groups in total. The highest BCUT2D eigenvalue weighted by molar-refractivity contribution is 5.28. The molecule has 0 aromatic heterocycles. The standard InChI is InChI=1S/C14H21F3N2O2/c1-3-4-13(20-2)12(19-18)9-10-5-7-11(8-6-10)21-14(15,16)17/h5-8,12-13,19H,3-4,9,18H2,1-2H3. The topological polar surface area (TPSA) is 56.5 Å². The summed E-state index contributed by atoms with van der Waals surface area (Å²) in [6, 6.07) is 5.65. The molecule has 0 aliphatic heterocycles. The number of methoxy groups -OCH3 is 1. The van der Waals surface area contributed by atoms with Gasteiger partial charge in [-0.25, -0.2) is 0 Å². The molecule has 0 saturated heterocycles. The van der Waals surface area contributed by atoms with Crippen LogP contribution in [-0.2, 0) is 11.2 Å². The van der Waals surface area contributed by atoms with Crippen LogP contribution in [0.15, 0.2) is 24.3 Å². The predicted molar refractivity (Wildman–Crippen MR) is 73.6 cm³/mol. The van der Waals surface area contributed by atoms with Gasteiger partial charge in [-0.3, -0.25) is 11.3 Å². The van der Waals surface area contributed by atoms with Gasteiger partial charge in [-0.05, 0) is 30.5 Å². The van der Waals surface area contributed by atoms with Gasteiger partial charge in [0.05, 0.1) is 12.1 Å². The second-order valence-electron chi connectivity index (χ2n) is 4.73. The van der Waals surface area contributed by atoms with E-state index in [2.05, 4.69) is 10.2 Å². The number of alkyl halides is 3. The van der Waals surface area contributed by atoms with E-state index in [-0.39, 0.29) is 17.9 Å². The number of nitrogens with one attached hydrogen (secondary N) is 1. The Labute approximate surface area is 122 Å². The Morgan fingerprint density at radius 1 is 1.24 bits per heavy atom. The molecule has 0 saturated carbocycles. The van der Waals surface area contributed by atoms with Gasteiger partial charge in [-0.15, -0.1) is 13.2 Å². The molecule has 4 nitrogen and oxygen atoms in total. The van der Waals surface area contributed by atoms with Crippen LogP contribution in [0, 0.1) is 0 Å². The van der Waals surface area contributed by atoms with Gasteiger partial charge in [-0.2, -0.15) is 0 Å². The second kappa shape index (κ2) is 8.21. The monoisotopic (exact) mass is 306 g/mol. The first-order chi connectivity index (χ1) is 9.89. The van der Waals surface area contributed by atoms with E-state index in [4.69, 9.17) is 10.6 Å². The van der Waals surface area contributed by atoms with E-state index in [1.807, 2.05) is 6.92 Å². The maximum Gasteiger partial charge on any atom is 0.573 e. The summed E-state index contributed by atoms with van der Waals surface area (Å²) >= 11 is 0. The van der Waals surface area contributed by atoms with Gasteiger partial charge in [0.15, 0.2) is 0 Å². The van der Waals surface area contributed by atoms with Crippen LogP contribution in [0.4, 0.5) is 13.2 Å². The zero-order chi connectivity index (χ0) is 15.9. The minimum atomic E-state index is -4.68. The second-order valence-corrected chi connectivity index (χ2v) is 4.73. The molecule has 0 spiro atoms. The maximum absolute atomic E-state index is 12.1. The highest BCUT2D eigenvalue weighted by Crippen LogP contribution is 2.23. The van der Waals surface area contributed by atoms with Crippen molar-refractivity contribution in [2.24, 2.45) is 5.84 Å². The first-order valence-corrected chi connectivity index (χ1v) is 6.73. The molecular formula is C14H21F3N2O2. The molecule has 120 valence electrons. The summed E-state index contributed by atoms with van der Waals surface area (Å²) in [6.07, 6.45) is -2.37. The smallest absolute Gasteiger partial charge is 0.406 e. The fourth-order valence-electron chi connectivity index (χ4n) is 2.15. The highest BCUT2D eigenvalue weighted by atomic mass is 19.4. The van der Waals surface area contributed by atoms with Crippen molar-refractivity contribution in [1.82, 2.24) is 5.43 Å². The molecule has 0 fully saturated rings. The van der Waals surface area contributed by atoms with E-state index in [0.717, 1.165) is 18.4 Å². The number of nitrogens with two attached hydrogens (primary N) is 1. The summed E-state index contributed by atoms with van der Waals surface area (Å²) in [6.45, 7) is 2.04. The quantitative estimate of drug-likeness (QED) is 0.573. The summed E-state index contributed by atoms with van der Waals surface area (Å²) < 4.78 is 45.5. The molecule has 7 heteroatoms. The minimum Gasteiger partial charge on any atom is -0.406 e. The third-order valence-corrected chi connectivity index (χ3v) is 3.15. The van der Waals surface area contributed by atoms with Gasteiger partial charge in [0, 0.05) is 7.11 Å². The van der Waals surface area contributed by atoms with Crippen molar-refractivity contribution in [3.8, 4) is 5.75 Å². The van der Waals surface area contributed by atoms with Crippen LogP contribution in [0.25, 0.3) is 0 Å². The van der Waals surface area contributed by atoms with Gasteiger partial charge in [0.25, 0.3) is 0 Å². The Balaban J connectivity index is 2.68. The van der Waals surface area contributed by atoms with E-state index in [1.54, 1.807) is 19.2 Å². The summed E-state index contributed by atoms with van der Waals surface area (Å²) in [4.78, 5) is 0. The third-order valence-electron chi connectivity index (χ3n) is 3.15. The van der Waals surface area contributed by atoms with E-state index in [9.17, 15) is 13.2 Å². The van der Waals surface area contributed by atoms with Gasteiger partial charge < -0.3 is 9.47 Å². The van der Waals surface area contributed by atoms with Gasteiger partial charge in [-0.1, -0.05) is 25.5 Å². The SMILES string of the molecule is CCCC(OC)C(Cc1ccc(OC(F)(F)F)cc1)NN. The van der Waals surface area contributed by atoms with Crippen molar-refractivity contribution in [2.45, 2.75) is 44.7 Å². The molecule has 1 aromatic rings. The fourth-order valence-corrected chi connectivity index (χ4v) is 2.15. The molecule has 2 unspecified atom stereocenters. The Kier molecular flexibility index (Phi) is 6.94. The van der Waals surface area contributed by atoms with Crippen molar-refractivity contribution in [3.63, 3.8) is 0 Å². The van der Waals surface area contributed by atoms with Crippen molar-refractivity contribution in [2.75, 3.05) is 7.11 Å².